The van der Waals surface area contributed by atoms with Crippen molar-refractivity contribution in [2.45, 2.75) is 6.36 Å². The summed E-state index contributed by atoms with van der Waals surface area (Å²) in [6.45, 7) is 0.107. The van der Waals surface area contributed by atoms with Gasteiger partial charge >= 0.3 is 6.36 Å². The van der Waals surface area contributed by atoms with Crippen molar-refractivity contribution in [2.24, 2.45) is 5.92 Å². The molecular formula is C21H17F3N4O5S. The van der Waals surface area contributed by atoms with E-state index in [1.807, 2.05) is 0 Å². The number of thiazole rings is 1. The number of hydrogen-bond donors (Lipinski definition) is 1. The van der Waals surface area contributed by atoms with Crippen molar-refractivity contribution in [3.05, 3.63) is 42.5 Å². The molecule has 3 aromatic rings. The Morgan fingerprint density at radius 3 is 2.29 bits per heavy atom. The first-order valence-electron chi connectivity index (χ1n) is 9.75. The van der Waals surface area contributed by atoms with Gasteiger partial charge in [0.25, 0.3) is 5.19 Å². The largest absolute Gasteiger partial charge is 0.573 e. The van der Waals surface area contributed by atoms with Crippen LogP contribution in [0.25, 0.3) is 10.2 Å². The minimum atomic E-state index is -4.79. The summed E-state index contributed by atoms with van der Waals surface area (Å²) in [5, 5.41) is 2.74. The number of nitrogens with zero attached hydrogens (tertiary/aromatic N) is 3. The molecule has 0 spiro atoms. The Labute approximate surface area is 194 Å². The van der Waals surface area contributed by atoms with Gasteiger partial charge in [0, 0.05) is 25.8 Å². The lowest BCUT2D eigenvalue weighted by molar-refractivity contribution is -0.274. The van der Waals surface area contributed by atoms with Crippen LogP contribution in [-0.2, 0) is 14.4 Å². The van der Waals surface area contributed by atoms with Crippen LogP contribution in [0, 0.1) is 5.92 Å². The van der Waals surface area contributed by atoms with Crippen molar-refractivity contribution in [1.82, 2.24) is 14.8 Å². The van der Waals surface area contributed by atoms with Crippen LogP contribution in [0.2, 0.25) is 0 Å². The van der Waals surface area contributed by atoms with Gasteiger partial charge in [0.05, 0.1) is 16.9 Å². The number of carbonyl (C=O) groups is 3. The summed E-state index contributed by atoms with van der Waals surface area (Å²) >= 11 is 1.03. The number of halogens is 3. The van der Waals surface area contributed by atoms with Gasteiger partial charge in [-0.05, 0) is 36.4 Å². The summed E-state index contributed by atoms with van der Waals surface area (Å²) in [6.07, 6.45) is -4.79. The minimum Gasteiger partial charge on any atom is -0.431 e. The van der Waals surface area contributed by atoms with Gasteiger partial charge in [0.2, 0.25) is 17.7 Å². The number of anilines is 1. The number of rotatable bonds is 5. The van der Waals surface area contributed by atoms with Gasteiger partial charge in [-0.25, -0.2) is 4.98 Å². The quantitative estimate of drug-likeness (QED) is 0.546. The van der Waals surface area contributed by atoms with Crippen LogP contribution in [0.3, 0.4) is 0 Å². The van der Waals surface area contributed by atoms with Crippen LogP contribution in [0.1, 0.15) is 0 Å². The molecule has 0 bridgehead atoms. The first kappa shape index (κ1) is 23.3. The van der Waals surface area contributed by atoms with Crippen molar-refractivity contribution in [1.29, 1.82) is 0 Å². The highest BCUT2D eigenvalue weighted by atomic mass is 32.1. The van der Waals surface area contributed by atoms with E-state index in [4.69, 9.17) is 4.74 Å². The average molecular weight is 494 g/mol. The van der Waals surface area contributed by atoms with Gasteiger partial charge in [-0.3, -0.25) is 14.4 Å². The molecular weight excluding hydrogens is 477 g/mol. The molecule has 1 aromatic heterocycles. The van der Waals surface area contributed by atoms with Crippen LogP contribution in [-0.4, -0.2) is 59.6 Å². The zero-order valence-electron chi connectivity index (χ0n) is 17.8. The standard InChI is InChI=1S/C21H17F3N4O5S/c1-27-10-28(2)19(31)16(18(27)30)17(29)25-11-3-5-12(6-4-11)32-20-26-14-8-7-13(9-15(14)34-20)33-21(22,23)24/h3-9,16H,10H2,1-2H3,(H,25,29). The van der Waals surface area contributed by atoms with E-state index in [-0.39, 0.29) is 17.6 Å². The summed E-state index contributed by atoms with van der Waals surface area (Å²) in [5.74, 6) is -3.38. The lowest BCUT2D eigenvalue weighted by atomic mass is 10.0. The fourth-order valence-corrected chi connectivity index (χ4v) is 4.14. The van der Waals surface area contributed by atoms with E-state index in [2.05, 4.69) is 15.0 Å². The Kier molecular flexibility index (Phi) is 6.04. The second-order valence-electron chi connectivity index (χ2n) is 7.42. The van der Waals surface area contributed by atoms with Crippen molar-refractivity contribution >= 4 is 45.0 Å². The van der Waals surface area contributed by atoms with Crippen molar-refractivity contribution < 1.29 is 37.0 Å². The maximum absolute atomic E-state index is 12.5. The minimum absolute atomic E-state index is 0.107. The van der Waals surface area contributed by atoms with Gasteiger partial charge in [0.15, 0.2) is 5.92 Å². The number of hydrogen-bond acceptors (Lipinski definition) is 7. The van der Waals surface area contributed by atoms with Crippen LogP contribution < -0.4 is 14.8 Å². The molecule has 0 unspecified atom stereocenters. The number of carbonyl (C=O) groups excluding carboxylic acids is 3. The molecule has 4 rings (SSSR count). The van der Waals surface area contributed by atoms with Gasteiger partial charge in [0.1, 0.15) is 11.5 Å². The molecule has 0 atom stereocenters. The van der Waals surface area contributed by atoms with Gasteiger partial charge in [-0.2, -0.15) is 0 Å². The van der Waals surface area contributed by atoms with Crippen LogP contribution in [0.4, 0.5) is 18.9 Å². The van der Waals surface area contributed by atoms with Crippen molar-refractivity contribution in [2.75, 3.05) is 26.1 Å². The summed E-state index contributed by atoms with van der Waals surface area (Å²) in [7, 11) is 3.01. The normalized spacial score (nSPS) is 15.1. The molecule has 1 fully saturated rings. The Morgan fingerprint density at radius 2 is 1.68 bits per heavy atom. The third-order valence-corrected chi connectivity index (χ3v) is 5.73. The zero-order chi connectivity index (χ0) is 24.6. The molecule has 1 N–H and O–H groups in total. The molecule has 0 aliphatic carbocycles. The molecule has 13 heteroatoms. The molecule has 0 radical (unpaired) electrons. The monoisotopic (exact) mass is 494 g/mol. The first-order chi connectivity index (χ1) is 16.0. The van der Waals surface area contributed by atoms with Gasteiger partial charge in [-0.15, -0.1) is 13.2 Å². The summed E-state index contributed by atoms with van der Waals surface area (Å²) in [5.41, 5.74) is 0.780. The van der Waals surface area contributed by atoms with E-state index < -0.39 is 30.0 Å². The fourth-order valence-electron chi connectivity index (χ4n) is 3.27. The second kappa shape index (κ2) is 8.82. The van der Waals surface area contributed by atoms with Crippen LogP contribution in [0.5, 0.6) is 16.7 Å². The molecule has 2 heterocycles. The number of alkyl halides is 3. The first-order valence-corrected chi connectivity index (χ1v) is 10.6. The molecule has 9 nitrogen and oxygen atoms in total. The summed E-state index contributed by atoms with van der Waals surface area (Å²) in [4.78, 5) is 43.9. The third-order valence-electron chi connectivity index (χ3n) is 4.83. The van der Waals surface area contributed by atoms with Crippen LogP contribution >= 0.6 is 11.3 Å². The Bertz CT molecular complexity index is 1240. The second-order valence-corrected chi connectivity index (χ2v) is 8.41. The number of benzene rings is 2. The number of amides is 3. The Balaban J connectivity index is 1.43. The van der Waals surface area contributed by atoms with E-state index in [1.54, 1.807) is 0 Å². The number of nitrogens with one attached hydrogen (secondary N) is 1. The lowest BCUT2D eigenvalue weighted by Crippen LogP contribution is -2.57. The predicted molar refractivity (Wildman–Crippen MR) is 115 cm³/mol. The molecule has 0 saturated carbocycles. The highest BCUT2D eigenvalue weighted by Crippen LogP contribution is 2.35. The van der Waals surface area contributed by atoms with E-state index in [1.165, 1.54) is 60.3 Å². The molecule has 1 saturated heterocycles. The van der Waals surface area contributed by atoms with E-state index in [9.17, 15) is 27.6 Å². The Hall–Kier alpha value is -3.87. The molecule has 3 amide bonds. The highest BCUT2D eigenvalue weighted by molar-refractivity contribution is 7.20. The predicted octanol–water partition coefficient (Wildman–Crippen LogP) is 3.43. The smallest absolute Gasteiger partial charge is 0.431 e. The maximum Gasteiger partial charge on any atom is 0.573 e. The highest BCUT2D eigenvalue weighted by Gasteiger charge is 2.42. The Morgan fingerprint density at radius 1 is 1.06 bits per heavy atom. The lowest BCUT2D eigenvalue weighted by Gasteiger charge is -2.34. The van der Waals surface area contributed by atoms with E-state index in [0.29, 0.717) is 21.7 Å². The maximum atomic E-state index is 12.5. The van der Waals surface area contributed by atoms with E-state index >= 15 is 0 Å². The fraction of sp³-hybridized carbons (Fsp3) is 0.238. The number of ether oxygens (including phenoxy) is 2. The average Bonchev–Trinajstić information content (AvgIpc) is 3.14. The molecule has 178 valence electrons. The molecule has 1 aliphatic heterocycles. The number of fused-ring (bicyclic) bond motifs is 1. The zero-order valence-corrected chi connectivity index (χ0v) is 18.6. The SMILES string of the molecule is CN1CN(C)C(=O)C(C(=O)Nc2ccc(Oc3nc4ccc(OC(F)(F)F)cc4s3)cc2)C1=O. The molecule has 2 aromatic carbocycles. The molecule has 34 heavy (non-hydrogen) atoms. The van der Waals surface area contributed by atoms with Gasteiger partial charge < -0.3 is 24.6 Å². The number of aromatic nitrogens is 1. The topological polar surface area (TPSA) is 101 Å². The van der Waals surface area contributed by atoms with E-state index in [0.717, 1.165) is 17.4 Å². The van der Waals surface area contributed by atoms with Crippen LogP contribution in [0.15, 0.2) is 42.5 Å². The van der Waals surface area contributed by atoms with Gasteiger partial charge in [-0.1, -0.05) is 11.3 Å². The molecule has 1 aliphatic rings. The van der Waals surface area contributed by atoms with Crippen molar-refractivity contribution in [3.8, 4) is 16.7 Å². The third kappa shape index (κ3) is 5.03. The van der Waals surface area contributed by atoms with Crippen molar-refractivity contribution in [3.63, 3.8) is 0 Å². The summed E-state index contributed by atoms with van der Waals surface area (Å²) in [6, 6.07) is 9.86. The summed E-state index contributed by atoms with van der Waals surface area (Å²) < 4.78 is 47.2.